The van der Waals surface area contributed by atoms with Crippen LogP contribution in [0, 0.1) is 0 Å². The summed E-state index contributed by atoms with van der Waals surface area (Å²) in [5.41, 5.74) is 10.7. The molecule has 62 heavy (non-hydrogen) atoms. The first-order valence-corrected chi connectivity index (χ1v) is 21.4. The van der Waals surface area contributed by atoms with Crippen LogP contribution in [-0.2, 0) is 0 Å². The molecule has 0 spiro atoms. The third-order valence-electron chi connectivity index (χ3n) is 12.7. The molecule has 11 aromatic rings. The highest BCUT2D eigenvalue weighted by molar-refractivity contribution is 6.29. The van der Waals surface area contributed by atoms with Crippen molar-refractivity contribution in [1.82, 2.24) is 10.6 Å². The van der Waals surface area contributed by atoms with Gasteiger partial charge in [-0.3, -0.25) is 5.32 Å². The average Bonchev–Trinajstić information content (AvgIpc) is 3.35. The van der Waals surface area contributed by atoms with E-state index < -0.39 is 0 Å². The van der Waals surface area contributed by atoms with Gasteiger partial charge in [0.1, 0.15) is 18.2 Å². The van der Waals surface area contributed by atoms with Crippen LogP contribution in [0.3, 0.4) is 0 Å². The van der Waals surface area contributed by atoms with E-state index in [4.69, 9.17) is 4.99 Å². The number of nitrogens with one attached hydrogen (secondary N) is 2. The highest BCUT2D eigenvalue weighted by Crippen LogP contribution is 2.48. The minimum atomic E-state index is -0.242. The fraction of sp³-hybridized carbons (Fsp3) is 0.0339. The van der Waals surface area contributed by atoms with E-state index in [0.29, 0.717) is 0 Å². The summed E-state index contributed by atoms with van der Waals surface area (Å²) in [6, 6.07) is 81.5. The number of amidine groups is 1. The molecule has 0 fully saturated rings. The lowest BCUT2D eigenvalue weighted by atomic mass is 9.82. The minimum Gasteiger partial charge on any atom is -0.350 e. The molecule has 2 N–H and O–H groups in total. The van der Waals surface area contributed by atoms with Gasteiger partial charge in [-0.15, -0.1) is 0 Å². The fourth-order valence-corrected chi connectivity index (χ4v) is 9.80. The number of benzene rings is 11. The topological polar surface area (TPSA) is 36.4 Å². The van der Waals surface area contributed by atoms with Crippen molar-refractivity contribution in [1.29, 1.82) is 0 Å². The molecule has 0 bridgehead atoms. The summed E-state index contributed by atoms with van der Waals surface area (Å²) in [6.45, 7) is 0. The number of fused-ring (bicyclic) bond motifs is 6. The number of nitrogens with zero attached hydrogens (tertiary/aromatic N) is 1. The zero-order valence-electron chi connectivity index (χ0n) is 34.0. The van der Waals surface area contributed by atoms with Crippen LogP contribution in [0.4, 0.5) is 0 Å². The van der Waals surface area contributed by atoms with E-state index in [1.807, 2.05) is 0 Å². The molecule has 0 saturated carbocycles. The Morgan fingerprint density at radius 1 is 0.355 bits per heavy atom. The largest absolute Gasteiger partial charge is 0.350 e. The van der Waals surface area contributed by atoms with Crippen molar-refractivity contribution < 1.29 is 0 Å². The molecule has 292 valence electrons. The van der Waals surface area contributed by atoms with Gasteiger partial charge in [0.25, 0.3) is 0 Å². The lowest BCUT2D eigenvalue weighted by molar-refractivity contribution is 0.411. The van der Waals surface area contributed by atoms with Gasteiger partial charge in [-0.1, -0.05) is 218 Å². The second-order valence-corrected chi connectivity index (χ2v) is 16.3. The highest BCUT2D eigenvalue weighted by atomic mass is 15.3. The van der Waals surface area contributed by atoms with Gasteiger partial charge < -0.3 is 5.32 Å². The molecule has 3 nitrogen and oxygen atoms in total. The second kappa shape index (κ2) is 15.0. The normalized spacial score (nSPS) is 15.3. The van der Waals surface area contributed by atoms with Gasteiger partial charge in [-0.05, 0) is 104 Å². The van der Waals surface area contributed by atoms with Gasteiger partial charge in [0.05, 0.1) is 0 Å². The first-order chi connectivity index (χ1) is 30.7. The molecule has 2 unspecified atom stereocenters. The Bertz CT molecular complexity index is 3520. The smallest absolute Gasteiger partial charge is 0.131 e. The molecular weight excluding hydrogens is 751 g/mol. The van der Waals surface area contributed by atoms with E-state index in [2.05, 4.69) is 235 Å². The van der Waals surface area contributed by atoms with Gasteiger partial charge >= 0.3 is 0 Å². The lowest BCUT2D eigenvalue weighted by Gasteiger charge is -2.33. The van der Waals surface area contributed by atoms with E-state index in [1.165, 1.54) is 92.8 Å². The first-order valence-electron chi connectivity index (χ1n) is 21.4. The molecule has 0 aliphatic carbocycles. The van der Waals surface area contributed by atoms with Crippen molar-refractivity contribution in [2.75, 3.05) is 0 Å². The molecule has 0 aromatic heterocycles. The van der Waals surface area contributed by atoms with Gasteiger partial charge in [0.2, 0.25) is 0 Å². The van der Waals surface area contributed by atoms with E-state index in [0.717, 1.165) is 17.0 Å². The van der Waals surface area contributed by atoms with E-state index >= 15 is 0 Å². The molecule has 1 heterocycles. The maximum Gasteiger partial charge on any atom is 0.131 e. The van der Waals surface area contributed by atoms with Crippen LogP contribution < -0.4 is 10.6 Å². The molecule has 0 saturated heterocycles. The van der Waals surface area contributed by atoms with Crippen molar-refractivity contribution in [2.24, 2.45) is 4.99 Å². The third kappa shape index (κ3) is 6.13. The Balaban J connectivity index is 1.04. The minimum absolute atomic E-state index is 0.215. The Morgan fingerprint density at radius 2 is 0.919 bits per heavy atom. The molecular formula is C59H41N3. The summed E-state index contributed by atoms with van der Waals surface area (Å²) in [6.07, 6.45) is -0.457. The van der Waals surface area contributed by atoms with Crippen LogP contribution in [0.15, 0.2) is 229 Å². The third-order valence-corrected chi connectivity index (χ3v) is 12.7. The molecule has 2 atom stereocenters. The van der Waals surface area contributed by atoms with Gasteiger partial charge in [-0.25, -0.2) is 4.99 Å². The predicted octanol–water partition coefficient (Wildman–Crippen LogP) is 14.8. The quantitative estimate of drug-likeness (QED) is 0.130. The molecule has 1 aliphatic rings. The standard InChI is InChI=1S/C59H41N3/c1-3-15-38(16-4-1)40-27-30-43(31-28-40)58-60-57(42-19-5-2-6-20-42)61-59(62-58)52-36-35-51(47-23-11-12-24-48(47)52)55-50-26-14-13-25-49(50)54(45-32-29-39-17-7-8-21-44(39)37-45)56-46-22-10-9-18-41(46)33-34-53(55)56/h1-37,57,59,61H,(H,60,62). The van der Waals surface area contributed by atoms with Crippen LogP contribution in [0.2, 0.25) is 0 Å². The number of hydrogen-bond acceptors (Lipinski definition) is 3. The fourth-order valence-electron chi connectivity index (χ4n) is 9.80. The SMILES string of the molecule is c1ccc(-c2ccc(C3=NC(c4ccccc4)NC(c4ccc(-c5c6ccccc6c(-c6ccc7ccccc7c6)c6c5ccc5ccccc56)c5ccccc45)N3)cc2)cc1. The summed E-state index contributed by atoms with van der Waals surface area (Å²) in [4.78, 5) is 5.28. The van der Waals surface area contributed by atoms with Crippen LogP contribution in [-0.4, -0.2) is 5.84 Å². The van der Waals surface area contributed by atoms with Crippen molar-refractivity contribution in [3.05, 3.63) is 241 Å². The number of hydrogen-bond donors (Lipinski definition) is 2. The van der Waals surface area contributed by atoms with Gasteiger partial charge in [0.15, 0.2) is 0 Å². The molecule has 12 rings (SSSR count). The first kappa shape index (κ1) is 36.0. The van der Waals surface area contributed by atoms with Crippen molar-refractivity contribution in [2.45, 2.75) is 12.3 Å². The molecule has 3 heteroatoms. The van der Waals surface area contributed by atoms with E-state index in [-0.39, 0.29) is 12.3 Å². The van der Waals surface area contributed by atoms with Gasteiger partial charge in [-0.2, -0.15) is 0 Å². The van der Waals surface area contributed by atoms with Crippen molar-refractivity contribution in [3.8, 4) is 33.4 Å². The summed E-state index contributed by atoms with van der Waals surface area (Å²) in [7, 11) is 0. The maximum absolute atomic E-state index is 5.28. The Morgan fingerprint density at radius 3 is 1.69 bits per heavy atom. The number of rotatable bonds is 6. The van der Waals surface area contributed by atoms with Crippen LogP contribution in [0.5, 0.6) is 0 Å². The van der Waals surface area contributed by atoms with E-state index in [9.17, 15) is 0 Å². The van der Waals surface area contributed by atoms with Crippen molar-refractivity contribution in [3.63, 3.8) is 0 Å². The monoisotopic (exact) mass is 791 g/mol. The Kier molecular flexibility index (Phi) is 8.72. The predicted molar refractivity (Wildman–Crippen MR) is 261 cm³/mol. The summed E-state index contributed by atoms with van der Waals surface area (Å²) in [5, 5.41) is 20.1. The maximum atomic E-state index is 5.28. The van der Waals surface area contributed by atoms with Crippen LogP contribution >= 0.6 is 0 Å². The second-order valence-electron chi connectivity index (χ2n) is 16.3. The van der Waals surface area contributed by atoms with Gasteiger partial charge in [0, 0.05) is 5.56 Å². The zero-order chi connectivity index (χ0) is 41.0. The Hall–Kier alpha value is -7.85. The molecule has 1 aliphatic heterocycles. The zero-order valence-corrected chi connectivity index (χ0v) is 34.0. The summed E-state index contributed by atoms with van der Waals surface area (Å²) >= 11 is 0. The highest BCUT2D eigenvalue weighted by Gasteiger charge is 2.28. The Labute approximate surface area is 360 Å². The summed E-state index contributed by atoms with van der Waals surface area (Å²) < 4.78 is 0. The average molecular weight is 792 g/mol. The lowest BCUT2D eigenvalue weighted by Crippen LogP contribution is -2.45. The van der Waals surface area contributed by atoms with Crippen LogP contribution in [0.25, 0.3) is 87.2 Å². The van der Waals surface area contributed by atoms with E-state index in [1.54, 1.807) is 0 Å². The van der Waals surface area contributed by atoms with Crippen LogP contribution in [0.1, 0.15) is 29.0 Å². The van der Waals surface area contributed by atoms with Crippen molar-refractivity contribution >= 4 is 59.7 Å². The summed E-state index contributed by atoms with van der Waals surface area (Å²) in [5.74, 6) is 0.864. The molecule has 0 radical (unpaired) electrons. The molecule has 11 aromatic carbocycles. The molecule has 0 amide bonds. The number of aliphatic imine (C=N–C) groups is 1.